The molecular formula is C14H15Br2NO2S. The van der Waals surface area contributed by atoms with Crippen LogP contribution in [0.4, 0.5) is 0 Å². The summed E-state index contributed by atoms with van der Waals surface area (Å²) in [5.74, 6) is 1.47. The number of ether oxygens (including phenoxy) is 2. The summed E-state index contributed by atoms with van der Waals surface area (Å²) in [5, 5.41) is 3.42. The van der Waals surface area contributed by atoms with Gasteiger partial charge in [0.1, 0.15) is 0 Å². The van der Waals surface area contributed by atoms with Crippen LogP contribution in [-0.2, 0) is 13.1 Å². The molecule has 1 aromatic carbocycles. The van der Waals surface area contributed by atoms with Gasteiger partial charge in [-0.2, -0.15) is 0 Å². The lowest BCUT2D eigenvalue weighted by molar-refractivity contribution is 0.354. The molecule has 0 spiro atoms. The van der Waals surface area contributed by atoms with Crippen LogP contribution in [0.1, 0.15) is 10.4 Å². The average Bonchev–Trinajstić information content (AvgIpc) is 2.85. The molecule has 0 aliphatic heterocycles. The van der Waals surface area contributed by atoms with E-state index in [1.165, 1.54) is 4.88 Å². The SMILES string of the molecule is COc1cc(Br)c(CNCc2ccc(Br)s2)cc1OC. The van der Waals surface area contributed by atoms with Gasteiger partial charge in [-0.05, 0) is 45.8 Å². The quantitative estimate of drug-likeness (QED) is 0.741. The number of thiophene rings is 1. The van der Waals surface area contributed by atoms with Crippen molar-refractivity contribution in [2.24, 2.45) is 0 Å². The maximum Gasteiger partial charge on any atom is 0.161 e. The molecule has 0 unspecified atom stereocenters. The van der Waals surface area contributed by atoms with E-state index < -0.39 is 0 Å². The highest BCUT2D eigenvalue weighted by Gasteiger charge is 2.09. The molecule has 0 saturated heterocycles. The smallest absolute Gasteiger partial charge is 0.161 e. The third kappa shape index (κ3) is 3.97. The van der Waals surface area contributed by atoms with Crippen molar-refractivity contribution >= 4 is 43.2 Å². The Morgan fingerprint density at radius 1 is 1.05 bits per heavy atom. The largest absolute Gasteiger partial charge is 0.493 e. The zero-order valence-electron chi connectivity index (χ0n) is 11.2. The van der Waals surface area contributed by atoms with Crippen molar-refractivity contribution in [2.45, 2.75) is 13.1 Å². The van der Waals surface area contributed by atoms with Crippen LogP contribution in [0.2, 0.25) is 0 Å². The minimum absolute atomic E-state index is 0.727. The van der Waals surface area contributed by atoms with Crippen molar-refractivity contribution in [1.82, 2.24) is 5.32 Å². The van der Waals surface area contributed by atoms with Gasteiger partial charge in [0, 0.05) is 22.4 Å². The first-order valence-electron chi connectivity index (χ1n) is 5.99. The third-order valence-electron chi connectivity index (χ3n) is 2.80. The molecule has 0 atom stereocenters. The molecule has 0 amide bonds. The lowest BCUT2D eigenvalue weighted by Crippen LogP contribution is -2.12. The van der Waals surface area contributed by atoms with Crippen LogP contribution < -0.4 is 14.8 Å². The fourth-order valence-corrected chi connectivity index (χ4v) is 3.71. The Hall–Kier alpha value is -0.560. The summed E-state index contributed by atoms with van der Waals surface area (Å²) in [6, 6.07) is 8.09. The molecular weight excluding hydrogens is 406 g/mol. The summed E-state index contributed by atoms with van der Waals surface area (Å²) in [6.45, 7) is 1.60. The van der Waals surface area contributed by atoms with Gasteiger partial charge in [0.15, 0.2) is 11.5 Å². The number of hydrogen-bond acceptors (Lipinski definition) is 4. The molecule has 2 aromatic rings. The first kappa shape index (κ1) is 15.8. The van der Waals surface area contributed by atoms with Crippen molar-refractivity contribution in [1.29, 1.82) is 0 Å². The van der Waals surface area contributed by atoms with E-state index in [4.69, 9.17) is 9.47 Å². The minimum Gasteiger partial charge on any atom is -0.493 e. The van der Waals surface area contributed by atoms with Crippen molar-refractivity contribution in [3.63, 3.8) is 0 Å². The molecule has 1 aromatic heterocycles. The molecule has 0 aliphatic carbocycles. The van der Waals surface area contributed by atoms with E-state index in [-0.39, 0.29) is 0 Å². The maximum atomic E-state index is 5.32. The first-order valence-corrected chi connectivity index (χ1v) is 8.39. The van der Waals surface area contributed by atoms with Gasteiger partial charge in [0.25, 0.3) is 0 Å². The molecule has 6 heteroatoms. The van der Waals surface area contributed by atoms with Crippen LogP contribution in [0.5, 0.6) is 11.5 Å². The Kier molecular flexibility index (Phi) is 5.89. The van der Waals surface area contributed by atoms with Gasteiger partial charge in [-0.25, -0.2) is 0 Å². The normalized spacial score (nSPS) is 10.6. The lowest BCUT2D eigenvalue weighted by Gasteiger charge is -2.12. The van der Waals surface area contributed by atoms with Crippen LogP contribution in [0, 0.1) is 0 Å². The second kappa shape index (κ2) is 7.45. The van der Waals surface area contributed by atoms with E-state index in [1.54, 1.807) is 25.6 Å². The van der Waals surface area contributed by atoms with Gasteiger partial charge in [0.05, 0.1) is 18.0 Å². The number of methoxy groups -OCH3 is 2. The second-order valence-corrected chi connectivity index (χ2v) is 7.51. The highest BCUT2D eigenvalue weighted by atomic mass is 79.9. The van der Waals surface area contributed by atoms with Crippen LogP contribution in [0.15, 0.2) is 32.5 Å². The van der Waals surface area contributed by atoms with Gasteiger partial charge >= 0.3 is 0 Å². The van der Waals surface area contributed by atoms with Crippen molar-refractivity contribution in [3.05, 3.63) is 43.0 Å². The lowest BCUT2D eigenvalue weighted by atomic mass is 10.2. The molecule has 0 radical (unpaired) electrons. The number of halogens is 2. The Morgan fingerprint density at radius 3 is 2.35 bits per heavy atom. The standard InChI is InChI=1S/C14H15Br2NO2S/c1-18-12-5-9(11(15)6-13(12)19-2)7-17-8-10-3-4-14(16)20-10/h3-6,17H,7-8H2,1-2H3. The highest BCUT2D eigenvalue weighted by molar-refractivity contribution is 9.11. The summed E-state index contributed by atoms with van der Waals surface area (Å²) in [5.41, 5.74) is 1.14. The highest BCUT2D eigenvalue weighted by Crippen LogP contribution is 2.33. The average molecular weight is 421 g/mol. The van der Waals surface area contributed by atoms with E-state index in [0.29, 0.717) is 0 Å². The number of benzene rings is 1. The van der Waals surface area contributed by atoms with Crippen LogP contribution in [0.25, 0.3) is 0 Å². The monoisotopic (exact) mass is 419 g/mol. The third-order valence-corrected chi connectivity index (χ3v) is 5.16. The topological polar surface area (TPSA) is 30.5 Å². The Balaban J connectivity index is 2.02. The molecule has 0 fully saturated rings. The Morgan fingerprint density at radius 2 is 1.75 bits per heavy atom. The molecule has 20 heavy (non-hydrogen) atoms. The van der Waals surface area contributed by atoms with E-state index in [2.05, 4.69) is 49.3 Å². The summed E-state index contributed by atoms with van der Waals surface area (Å²) < 4.78 is 12.8. The summed E-state index contributed by atoms with van der Waals surface area (Å²) in [7, 11) is 3.28. The minimum atomic E-state index is 0.727. The van der Waals surface area contributed by atoms with Crippen LogP contribution in [-0.4, -0.2) is 14.2 Å². The van der Waals surface area contributed by atoms with E-state index in [0.717, 1.165) is 38.4 Å². The molecule has 108 valence electrons. The Labute approximate surface area is 139 Å². The zero-order valence-corrected chi connectivity index (χ0v) is 15.2. The van der Waals surface area contributed by atoms with Crippen molar-refractivity contribution in [3.8, 4) is 11.5 Å². The van der Waals surface area contributed by atoms with Crippen LogP contribution >= 0.6 is 43.2 Å². The molecule has 2 rings (SSSR count). The van der Waals surface area contributed by atoms with Gasteiger partial charge in [-0.15, -0.1) is 11.3 Å². The number of rotatable bonds is 6. The molecule has 1 heterocycles. The first-order chi connectivity index (χ1) is 9.63. The van der Waals surface area contributed by atoms with Gasteiger partial charge in [-0.1, -0.05) is 15.9 Å². The van der Waals surface area contributed by atoms with Crippen molar-refractivity contribution < 1.29 is 9.47 Å². The zero-order chi connectivity index (χ0) is 14.5. The second-order valence-electron chi connectivity index (χ2n) is 4.11. The van der Waals surface area contributed by atoms with Crippen molar-refractivity contribution in [2.75, 3.05) is 14.2 Å². The van der Waals surface area contributed by atoms with Gasteiger partial charge in [0.2, 0.25) is 0 Å². The fourth-order valence-electron chi connectivity index (χ4n) is 1.80. The molecule has 0 saturated carbocycles. The number of nitrogens with one attached hydrogen (secondary N) is 1. The van der Waals surface area contributed by atoms with Gasteiger partial charge < -0.3 is 14.8 Å². The maximum absolute atomic E-state index is 5.32. The molecule has 1 N–H and O–H groups in total. The summed E-state index contributed by atoms with van der Waals surface area (Å²) in [6.07, 6.45) is 0. The number of hydrogen-bond donors (Lipinski definition) is 1. The molecule has 0 aliphatic rings. The van der Waals surface area contributed by atoms with Crippen LogP contribution in [0.3, 0.4) is 0 Å². The molecule has 3 nitrogen and oxygen atoms in total. The Bertz CT molecular complexity index is 587. The summed E-state index contributed by atoms with van der Waals surface area (Å²) in [4.78, 5) is 1.30. The van der Waals surface area contributed by atoms with E-state index in [1.807, 2.05) is 12.1 Å². The van der Waals surface area contributed by atoms with E-state index >= 15 is 0 Å². The summed E-state index contributed by atoms with van der Waals surface area (Å²) >= 11 is 8.77. The molecule has 0 bridgehead atoms. The predicted molar refractivity (Wildman–Crippen MR) is 89.8 cm³/mol. The van der Waals surface area contributed by atoms with E-state index in [9.17, 15) is 0 Å². The predicted octanol–water partition coefficient (Wildman–Crippen LogP) is 4.58. The fraction of sp³-hybridized carbons (Fsp3) is 0.286. The van der Waals surface area contributed by atoms with Gasteiger partial charge in [-0.3, -0.25) is 0 Å².